The number of hydrogen-bond acceptors (Lipinski definition) is 3. The molecule has 0 atom stereocenters. The zero-order valence-electron chi connectivity index (χ0n) is 5.83. The van der Waals surface area contributed by atoms with E-state index in [0.29, 0.717) is 11.5 Å². The van der Waals surface area contributed by atoms with Gasteiger partial charge in [-0.3, -0.25) is 4.18 Å². The summed E-state index contributed by atoms with van der Waals surface area (Å²) >= 11 is 0. The zero-order valence-corrected chi connectivity index (χ0v) is 6.65. The fourth-order valence-corrected chi connectivity index (χ4v) is 1.60. The van der Waals surface area contributed by atoms with Crippen LogP contribution in [-0.2, 0) is 14.3 Å². The minimum Gasteiger partial charge on any atom is -0.267 e. The average molecular weight is 162 g/mol. The third-order valence-corrected chi connectivity index (χ3v) is 2.85. The molecule has 0 radical (unpaired) electrons. The van der Waals surface area contributed by atoms with Crippen LogP contribution in [-0.4, -0.2) is 15.0 Å². The van der Waals surface area contributed by atoms with Crippen molar-refractivity contribution in [3.63, 3.8) is 0 Å². The molecule has 0 bridgehead atoms. The maximum Gasteiger partial charge on any atom is 0.292 e. The molecule has 0 spiro atoms. The van der Waals surface area contributed by atoms with Gasteiger partial charge in [-0.05, 0) is 19.8 Å². The molecular formula is C6H10O3S. The van der Waals surface area contributed by atoms with E-state index in [1.165, 1.54) is 0 Å². The zero-order chi connectivity index (χ0) is 7.61. The predicted molar refractivity (Wildman–Crippen MR) is 37.9 cm³/mol. The van der Waals surface area contributed by atoms with Crippen molar-refractivity contribution in [1.29, 1.82) is 0 Å². The second kappa shape index (κ2) is 2.72. The molecule has 1 heterocycles. The van der Waals surface area contributed by atoms with Gasteiger partial charge in [-0.1, -0.05) is 6.08 Å². The van der Waals surface area contributed by atoms with E-state index in [-0.39, 0.29) is 0 Å². The maximum atomic E-state index is 10.9. The molecule has 0 aliphatic carbocycles. The normalized spacial score (nSPS) is 25.1. The predicted octanol–water partition coefficient (Wildman–Crippen LogP) is 1.03. The Labute approximate surface area is 60.8 Å². The Balaban J connectivity index is 2.92. The fourth-order valence-electron chi connectivity index (χ4n) is 0.752. The van der Waals surface area contributed by atoms with Crippen molar-refractivity contribution in [3.05, 3.63) is 11.0 Å². The van der Waals surface area contributed by atoms with E-state index in [1.807, 2.05) is 0 Å². The van der Waals surface area contributed by atoms with Gasteiger partial charge in [-0.15, -0.1) is 0 Å². The summed E-state index contributed by atoms with van der Waals surface area (Å²) in [7, 11) is -3.34. The molecule has 0 N–H and O–H groups in total. The summed E-state index contributed by atoms with van der Waals surface area (Å²) < 4.78 is 26.4. The summed E-state index contributed by atoms with van der Waals surface area (Å²) in [5, 5.41) is 0. The summed E-state index contributed by atoms with van der Waals surface area (Å²) in [6, 6.07) is 0. The van der Waals surface area contributed by atoms with E-state index >= 15 is 0 Å². The molecule has 10 heavy (non-hydrogen) atoms. The first-order valence-corrected chi connectivity index (χ1v) is 4.60. The van der Waals surface area contributed by atoms with Crippen LogP contribution in [0.25, 0.3) is 0 Å². The third kappa shape index (κ3) is 1.58. The Morgan fingerprint density at radius 1 is 1.60 bits per heavy atom. The van der Waals surface area contributed by atoms with Crippen LogP contribution < -0.4 is 0 Å². The molecule has 3 nitrogen and oxygen atoms in total. The van der Waals surface area contributed by atoms with Gasteiger partial charge in [0.25, 0.3) is 10.1 Å². The summed E-state index contributed by atoms with van der Waals surface area (Å²) in [5.41, 5.74) is 0. The quantitative estimate of drug-likeness (QED) is 0.500. The topological polar surface area (TPSA) is 43.4 Å². The van der Waals surface area contributed by atoms with E-state index in [2.05, 4.69) is 4.18 Å². The highest BCUT2D eigenvalue weighted by atomic mass is 32.2. The molecule has 0 saturated carbocycles. The minimum atomic E-state index is -3.34. The van der Waals surface area contributed by atoms with Crippen molar-refractivity contribution in [1.82, 2.24) is 0 Å². The van der Waals surface area contributed by atoms with Crippen LogP contribution in [0.15, 0.2) is 11.0 Å². The van der Waals surface area contributed by atoms with Gasteiger partial charge in [0.05, 0.1) is 11.5 Å². The first kappa shape index (κ1) is 7.75. The summed E-state index contributed by atoms with van der Waals surface area (Å²) in [5.74, 6) is 0. The first-order valence-electron chi connectivity index (χ1n) is 3.19. The van der Waals surface area contributed by atoms with Crippen LogP contribution >= 0.6 is 0 Å². The van der Waals surface area contributed by atoms with E-state index in [4.69, 9.17) is 0 Å². The van der Waals surface area contributed by atoms with Crippen molar-refractivity contribution in [2.45, 2.75) is 19.8 Å². The van der Waals surface area contributed by atoms with Crippen molar-refractivity contribution >= 4 is 10.1 Å². The molecule has 0 aromatic heterocycles. The maximum absolute atomic E-state index is 10.9. The van der Waals surface area contributed by atoms with Gasteiger partial charge >= 0.3 is 0 Å². The highest BCUT2D eigenvalue weighted by molar-refractivity contribution is 7.90. The first-order chi connectivity index (χ1) is 4.63. The number of rotatable bonds is 0. The average Bonchev–Trinajstić information content (AvgIpc) is 1.96. The molecule has 0 aromatic rings. The minimum absolute atomic E-state index is 0.316. The van der Waals surface area contributed by atoms with E-state index in [0.717, 1.165) is 12.8 Å². The molecule has 1 aliphatic heterocycles. The van der Waals surface area contributed by atoms with Crippen molar-refractivity contribution in [3.8, 4) is 0 Å². The van der Waals surface area contributed by atoms with Gasteiger partial charge in [0.2, 0.25) is 0 Å². The fraction of sp³-hybridized carbons (Fsp3) is 0.667. The molecular weight excluding hydrogens is 152 g/mol. The molecule has 0 unspecified atom stereocenters. The van der Waals surface area contributed by atoms with Crippen LogP contribution in [0.5, 0.6) is 0 Å². The van der Waals surface area contributed by atoms with Crippen LogP contribution in [0, 0.1) is 0 Å². The van der Waals surface area contributed by atoms with Gasteiger partial charge < -0.3 is 0 Å². The number of allylic oxidation sites excluding steroid dienone is 2. The highest BCUT2D eigenvalue weighted by Crippen LogP contribution is 2.14. The SMILES string of the molecule is CC1=CCCCOS1(=O)=O. The Morgan fingerprint density at radius 3 is 3.00 bits per heavy atom. The summed E-state index contributed by atoms with van der Waals surface area (Å²) in [6.07, 6.45) is 3.28. The van der Waals surface area contributed by atoms with Crippen molar-refractivity contribution < 1.29 is 12.6 Å². The van der Waals surface area contributed by atoms with Gasteiger partial charge in [0, 0.05) is 0 Å². The van der Waals surface area contributed by atoms with Crippen LogP contribution in [0.3, 0.4) is 0 Å². The molecule has 0 fully saturated rings. The van der Waals surface area contributed by atoms with Gasteiger partial charge in [-0.2, -0.15) is 8.42 Å². The summed E-state index contributed by atoms with van der Waals surface area (Å²) in [6.45, 7) is 1.87. The van der Waals surface area contributed by atoms with Gasteiger partial charge in [0.1, 0.15) is 0 Å². The Kier molecular flexibility index (Phi) is 2.11. The number of hydrogen-bond donors (Lipinski definition) is 0. The lowest BCUT2D eigenvalue weighted by atomic mass is 10.3. The highest BCUT2D eigenvalue weighted by Gasteiger charge is 2.15. The monoisotopic (exact) mass is 162 g/mol. The lowest BCUT2D eigenvalue weighted by Gasteiger charge is -1.98. The second-order valence-electron chi connectivity index (χ2n) is 2.23. The van der Waals surface area contributed by atoms with Crippen LogP contribution in [0.2, 0.25) is 0 Å². The molecule has 0 aromatic carbocycles. The Bertz CT molecular complexity index is 238. The van der Waals surface area contributed by atoms with E-state index < -0.39 is 10.1 Å². The van der Waals surface area contributed by atoms with Gasteiger partial charge in [0.15, 0.2) is 0 Å². The molecule has 1 rings (SSSR count). The Hall–Kier alpha value is -0.350. The standard InChI is InChI=1S/C6H10O3S/c1-6-4-2-3-5-9-10(6,7)8/h4H,2-3,5H2,1H3. The van der Waals surface area contributed by atoms with Gasteiger partial charge in [-0.25, -0.2) is 0 Å². The van der Waals surface area contributed by atoms with Crippen LogP contribution in [0.4, 0.5) is 0 Å². The Morgan fingerprint density at radius 2 is 2.30 bits per heavy atom. The third-order valence-electron chi connectivity index (χ3n) is 1.41. The molecule has 4 heteroatoms. The smallest absolute Gasteiger partial charge is 0.267 e. The molecule has 1 aliphatic rings. The lowest BCUT2D eigenvalue weighted by Crippen LogP contribution is -2.04. The van der Waals surface area contributed by atoms with Crippen molar-refractivity contribution in [2.24, 2.45) is 0 Å². The summed E-state index contributed by atoms with van der Waals surface area (Å²) in [4.78, 5) is 0.338. The molecule has 58 valence electrons. The van der Waals surface area contributed by atoms with E-state index in [9.17, 15) is 8.42 Å². The van der Waals surface area contributed by atoms with Crippen LogP contribution in [0.1, 0.15) is 19.8 Å². The van der Waals surface area contributed by atoms with E-state index in [1.54, 1.807) is 13.0 Å². The lowest BCUT2D eigenvalue weighted by molar-refractivity contribution is 0.321. The second-order valence-corrected chi connectivity index (χ2v) is 4.02. The molecule has 0 amide bonds. The van der Waals surface area contributed by atoms with Crippen molar-refractivity contribution in [2.75, 3.05) is 6.61 Å². The molecule has 0 saturated heterocycles. The largest absolute Gasteiger partial charge is 0.292 e.